The first-order valence-corrected chi connectivity index (χ1v) is 13.0. The van der Waals surface area contributed by atoms with Crippen molar-refractivity contribution in [1.29, 1.82) is 0 Å². The van der Waals surface area contributed by atoms with Gasteiger partial charge in [0.25, 0.3) is 0 Å². The predicted molar refractivity (Wildman–Crippen MR) is 140 cm³/mol. The van der Waals surface area contributed by atoms with Crippen LogP contribution in [0.2, 0.25) is 0 Å². The van der Waals surface area contributed by atoms with Crippen LogP contribution in [0.5, 0.6) is 5.75 Å². The second-order valence-corrected chi connectivity index (χ2v) is 9.46. The molecule has 0 aliphatic carbocycles. The van der Waals surface area contributed by atoms with E-state index in [0.29, 0.717) is 6.61 Å². The zero-order valence-electron chi connectivity index (χ0n) is 21.0. The SMILES string of the molecule is CCN(CC)CCOc1ccc(-c2cc3c(N4CCCC4)nc(N4CCCC4)nc3n2C)cc1. The summed E-state index contributed by atoms with van der Waals surface area (Å²) in [7, 11) is 2.13. The zero-order valence-corrected chi connectivity index (χ0v) is 21.0. The van der Waals surface area contributed by atoms with E-state index in [0.717, 1.165) is 80.1 Å². The molecule has 0 saturated carbocycles. The summed E-state index contributed by atoms with van der Waals surface area (Å²) in [6.45, 7) is 12.4. The Kier molecular flexibility index (Phi) is 6.90. The Hall–Kier alpha value is -2.80. The summed E-state index contributed by atoms with van der Waals surface area (Å²) in [6.07, 6.45) is 4.92. The molecule has 0 spiro atoms. The molecule has 0 N–H and O–H groups in total. The van der Waals surface area contributed by atoms with Gasteiger partial charge in [0.05, 0.1) is 11.1 Å². The lowest BCUT2D eigenvalue weighted by Crippen LogP contribution is -2.27. The molecule has 5 rings (SSSR count). The first-order chi connectivity index (χ1) is 16.7. The second-order valence-electron chi connectivity index (χ2n) is 9.46. The normalized spacial score (nSPS) is 16.4. The Morgan fingerprint density at radius 2 is 1.53 bits per heavy atom. The van der Waals surface area contributed by atoms with E-state index in [1.807, 2.05) is 0 Å². The van der Waals surface area contributed by atoms with Crippen molar-refractivity contribution in [2.45, 2.75) is 39.5 Å². The molecule has 0 unspecified atom stereocenters. The molecule has 2 aromatic heterocycles. The van der Waals surface area contributed by atoms with Gasteiger partial charge in [0.2, 0.25) is 5.95 Å². The number of fused-ring (bicyclic) bond motifs is 1. The average molecular weight is 463 g/mol. The number of hydrogen-bond donors (Lipinski definition) is 0. The van der Waals surface area contributed by atoms with Crippen LogP contribution in [0.15, 0.2) is 30.3 Å². The molecule has 182 valence electrons. The maximum Gasteiger partial charge on any atom is 0.229 e. The van der Waals surface area contributed by atoms with Gasteiger partial charge in [0.1, 0.15) is 23.8 Å². The van der Waals surface area contributed by atoms with Gasteiger partial charge in [0.15, 0.2) is 0 Å². The second kappa shape index (κ2) is 10.2. The van der Waals surface area contributed by atoms with E-state index in [-0.39, 0.29) is 0 Å². The van der Waals surface area contributed by atoms with E-state index in [1.54, 1.807) is 0 Å². The van der Waals surface area contributed by atoms with Crippen molar-refractivity contribution in [1.82, 2.24) is 19.4 Å². The number of rotatable bonds is 9. The van der Waals surface area contributed by atoms with Crippen LogP contribution >= 0.6 is 0 Å². The lowest BCUT2D eigenvalue weighted by Gasteiger charge is -2.21. The largest absolute Gasteiger partial charge is 0.492 e. The summed E-state index contributed by atoms with van der Waals surface area (Å²) in [6, 6.07) is 10.7. The number of nitrogens with zero attached hydrogens (tertiary/aromatic N) is 6. The lowest BCUT2D eigenvalue weighted by molar-refractivity contribution is 0.223. The fourth-order valence-electron chi connectivity index (χ4n) is 5.23. The fraction of sp³-hybridized carbons (Fsp3) is 0.556. The molecule has 3 aromatic rings. The fourth-order valence-corrected chi connectivity index (χ4v) is 5.23. The minimum Gasteiger partial charge on any atom is -0.492 e. The molecule has 7 heteroatoms. The highest BCUT2D eigenvalue weighted by molar-refractivity contribution is 5.94. The van der Waals surface area contributed by atoms with E-state index in [9.17, 15) is 0 Å². The minimum atomic E-state index is 0.711. The first-order valence-electron chi connectivity index (χ1n) is 13.0. The van der Waals surface area contributed by atoms with Crippen LogP contribution in [-0.4, -0.2) is 71.9 Å². The van der Waals surface area contributed by atoms with Crippen LogP contribution in [0.3, 0.4) is 0 Å². The maximum absolute atomic E-state index is 6.00. The molecular weight excluding hydrogens is 424 g/mol. The van der Waals surface area contributed by atoms with E-state index >= 15 is 0 Å². The van der Waals surface area contributed by atoms with Crippen molar-refractivity contribution < 1.29 is 4.74 Å². The van der Waals surface area contributed by atoms with Crippen molar-refractivity contribution in [2.75, 3.05) is 62.2 Å². The molecule has 0 radical (unpaired) electrons. The number of aromatic nitrogens is 3. The molecule has 2 aliphatic rings. The van der Waals surface area contributed by atoms with Crippen molar-refractivity contribution in [3.8, 4) is 17.0 Å². The van der Waals surface area contributed by atoms with Gasteiger partial charge in [-0.2, -0.15) is 9.97 Å². The van der Waals surface area contributed by atoms with Gasteiger partial charge >= 0.3 is 0 Å². The minimum absolute atomic E-state index is 0.711. The van der Waals surface area contributed by atoms with Crippen LogP contribution in [0.4, 0.5) is 11.8 Å². The predicted octanol–water partition coefficient (Wildman–Crippen LogP) is 4.56. The molecule has 0 amide bonds. The number of likely N-dealkylation sites (N-methyl/N-ethyl adjacent to an activating group) is 1. The summed E-state index contributed by atoms with van der Waals surface area (Å²) in [5, 5.41) is 1.15. The molecule has 4 heterocycles. The van der Waals surface area contributed by atoms with Crippen LogP contribution in [0, 0.1) is 0 Å². The van der Waals surface area contributed by atoms with Gasteiger partial charge in [-0.15, -0.1) is 0 Å². The highest BCUT2D eigenvalue weighted by atomic mass is 16.5. The Morgan fingerprint density at radius 1 is 0.882 bits per heavy atom. The molecule has 34 heavy (non-hydrogen) atoms. The zero-order chi connectivity index (χ0) is 23.5. The molecule has 2 fully saturated rings. The molecule has 0 atom stereocenters. The van der Waals surface area contributed by atoms with E-state index in [4.69, 9.17) is 14.7 Å². The molecule has 1 aromatic carbocycles. The van der Waals surface area contributed by atoms with Gasteiger partial charge in [-0.25, -0.2) is 0 Å². The smallest absolute Gasteiger partial charge is 0.229 e. The van der Waals surface area contributed by atoms with Gasteiger partial charge in [-0.1, -0.05) is 13.8 Å². The molecule has 0 bridgehead atoms. The molecule has 7 nitrogen and oxygen atoms in total. The third kappa shape index (κ3) is 4.58. The van der Waals surface area contributed by atoms with E-state index < -0.39 is 0 Å². The van der Waals surface area contributed by atoms with Crippen LogP contribution < -0.4 is 14.5 Å². The van der Waals surface area contributed by atoms with Gasteiger partial charge in [0, 0.05) is 39.8 Å². The number of anilines is 2. The number of ether oxygens (including phenoxy) is 1. The first kappa shape index (κ1) is 23.0. The number of hydrogen-bond acceptors (Lipinski definition) is 6. The van der Waals surface area contributed by atoms with Gasteiger partial charge < -0.3 is 24.0 Å². The maximum atomic E-state index is 6.00. The summed E-state index contributed by atoms with van der Waals surface area (Å²) >= 11 is 0. The van der Waals surface area contributed by atoms with Crippen molar-refractivity contribution >= 4 is 22.8 Å². The Labute approximate surface area is 203 Å². The van der Waals surface area contributed by atoms with Crippen LogP contribution in [0.1, 0.15) is 39.5 Å². The van der Waals surface area contributed by atoms with E-state index in [1.165, 1.54) is 31.2 Å². The average Bonchev–Trinajstić information content (AvgIpc) is 3.64. The van der Waals surface area contributed by atoms with Gasteiger partial charge in [-0.3, -0.25) is 0 Å². The number of benzene rings is 1. The summed E-state index contributed by atoms with van der Waals surface area (Å²) < 4.78 is 8.23. The standard InChI is InChI=1S/C27H38N6O/c1-4-31(5-2)18-19-34-22-12-10-21(11-13-22)24-20-23-25(30(24)3)28-27(33-16-8-9-17-33)29-26(23)32-14-6-7-15-32/h10-13,20H,4-9,14-19H2,1-3H3. The quantitative estimate of drug-likeness (QED) is 0.465. The van der Waals surface area contributed by atoms with Crippen LogP contribution in [0.25, 0.3) is 22.3 Å². The molecule has 2 saturated heterocycles. The van der Waals surface area contributed by atoms with Crippen molar-refractivity contribution in [2.24, 2.45) is 7.05 Å². The highest BCUT2D eigenvalue weighted by Crippen LogP contribution is 2.35. The molecular formula is C27H38N6O. The lowest BCUT2D eigenvalue weighted by atomic mass is 10.1. The third-order valence-corrected chi connectivity index (χ3v) is 7.37. The van der Waals surface area contributed by atoms with Crippen LogP contribution in [-0.2, 0) is 7.05 Å². The van der Waals surface area contributed by atoms with Crippen molar-refractivity contribution in [3.05, 3.63) is 30.3 Å². The Balaban J connectivity index is 1.43. The topological polar surface area (TPSA) is 49.7 Å². The van der Waals surface area contributed by atoms with Gasteiger partial charge in [-0.05, 0) is 74.7 Å². The monoisotopic (exact) mass is 462 g/mol. The Morgan fingerprint density at radius 3 is 2.18 bits per heavy atom. The van der Waals surface area contributed by atoms with E-state index in [2.05, 4.69) is 70.5 Å². The Bertz CT molecular complexity index is 1090. The molecule has 2 aliphatic heterocycles. The summed E-state index contributed by atoms with van der Waals surface area (Å²) in [4.78, 5) is 17.3. The van der Waals surface area contributed by atoms with Crippen molar-refractivity contribution in [3.63, 3.8) is 0 Å². The third-order valence-electron chi connectivity index (χ3n) is 7.37. The summed E-state index contributed by atoms with van der Waals surface area (Å²) in [5.41, 5.74) is 3.36. The summed E-state index contributed by atoms with van der Waals surface area (Å²) in [5.74, 6) is 2.91. The number of aryl methyl sites for hydroxylation is 1. The highest BCUT2D eigenvalue weighted by Gasteiger charge is 2.24.